The van der Waals surface area contributed by atoms with Gasteiger partial charge in [0.05, 0.1) is 6.54 Å². The molecule has 1 saturated carbocycles. The zero-order chi connectivity index (χ0) is 30.8. The van der Waals surface area contributed by atoms with Crippen LogP contribution in [0.4, 0.5) is 0 Å². The summed E-state index contributed by atoms with van der Waals surface area (Å²) in [5, 5.41) is 3.03. The molecule has 0 spiro atoms. The average molecular weight is 606 g/mol. The number of hydrogen-bond donors (Lipinski definition) is 1. The number of amides is 1. The van der Waals surface area contributed by atoms with Gasteiger partial charge in [0.25, 0.3) is 10.0 Å². The molecule has 2 unspecified atom stereocenters. The number of nitrogens with one attached hydrogen (secondary N) is 1. The maximum Gasteiger partial charge on any atom is 0.261 e. The first-order valence-electron chi connectivity index (χ1n) is 16.4. The Morgan fingerprint density at radius 2 is 1.69 bits per heavy atom. The van der Waals surface area contributed by atoms with Crippen LogP contribution in [0.5, 0.6) is 0 Å². The summed E-state index contributed by atoms with van der Waals surface area (Å²) in [5.74, 6) is 1.32. The molecule has 0 radical (unpaired) electrons. The number of ketones is 2. The van der Waals surface area contributed by atoms with E-state index in [0.29, 0.717) is 19.3 Å². The monoisotopic (exact) mass is 605 g/mol. The molecule has 1 aliphatic carbocycles. The van der Waals surface area contributed by atoms with Crippen molar-refractivity contribution in [2.75, 3.05) is 13.1 Å². The summed E-state index contributed by atoms with van der Waals surface area (Å²) in [6.45, 7) is 6.38. The van der Waals surface area contributed by atoms with Crippen molar-refractivity contribution in [2.24, 2.45) is 11.8 Å². The van der Waals surface area contributed by atoms with Crippen LogP contribution in [0.25, 0.3) is 0 Å². The van der Waals surface area contributed by atoms with E-state index in [1.807, 2.05) is 6.92 Å². The van der Waals surface area contributed by atoms with Gasteiger partial charge in [-0.3, -0.25) is 9.59 Å². The van der Waals surface area contributed by atoms with Crippen molar-refractivity contribution >= 4 is 27.5 Å². The van der Waals surface area contributed by atoms with E-state index in [9.17, 15) is 22.8 Å². The lowest BCUT2D eigenvalue weighted by Gasteiger charge is -2.25. The molecule has 1 aromatic heterocycles. The van der Waals surface area contributed by atoms with E-state index in [1.165, 1.54) is 48.7 Å². The smallest absolute Gasteiger partial charge is 0.261 e. The van der Waals surface area contributed by atoms with Gasteiger partial charge in [0.2, 0.25) is 5.91 Å². The largest absolute Gasteiger partial charge is 0.356 e. The molecule has 2 aliphatic rings. The van der Waals surface area contributed by atoms with Crippen LogP contribution >= 0.6 is 0 Å². The van der Waals surface area contributed by atoms with Gasteiger partial charge in [0, 0.05) is 37.5 Å². The molecule has 42 heavy (non-hydrogen) atoms. The van der Waals surface area contributed by atoms with E-state index in [4.69, 9.17) is 0 Å². The van der Waals surface area contributed by atoms with Crippen LogP contribution in [-0.2, 0) is 24.4 Å². The fourth-order valence-corrected chi connectivity index (χ4v) is 7.42. The van der Waals surface area contributed by atoms with Crippen LogP contribution in [0.15, 0.2) is 29.4 Å². The summed E-state index contributed by atoms with van der Waals surface area (Å²) in [4.78, 5) is 38.8. The van der Waals surface area contributed by atoms with E-state index in [2.05, 4.69) is 17.2 Å². The molecule has 2 fully saturated rings. The summed E-state index contributed by atoms with van der Waals surface area (Å²) in [7, 11) is -3.71. The molecular formula is C33H55N3O5S. The third kappa shape index (κ3) is 13.4. The van der Waals surface area contributed by atoms with E-state index in [1.54, 1.807) is 19.1 Å². The Balaban J connectivity index is 0.000000295. The summed E-state index contributed by atoms with van der Waals surface area (Å²) in [5.41, 5.74) is 0. The Bertz CT molecular complexity index is 1040. The SMILES string of the molecule is CC(=O)CCCCCCNC(=O)CCC1CCCCC1.CCCCC1CCC(C)N(S(=O)(=O)c2ccccn2)CC1=O. The van der Waals surface area contributed by atoms with Crippen molar-refractivity contribution in [3.8, 4) is 0 Å². The zero-order valence-corrected chi connectivity index (χ0v) is 27.1. The molecule has 2 heterocycles. The first-order valence-corrected chi connectivity index (χ1v) is 17.8. The maximum absolute atomic E-state index is 12.7. The molecule has 238 valence electrons. The highest BCUT2D eigenvalue weighted by atomic mass is 32.2. The molecule has 0 bridgehead atoms. The normalized spacial score (nSPS) is 20.3. The Kier molecular flexibility index (Phi) is 17.1. The number of unbranched alkanes of at least 4 members (excludes halogenated alkanes) is 4. The van der Waals surface area contributed by atoms with Gasteiger partial charge in [0.15, 0.2) is 10.8 Å². The van der Waals surface area contributed by atoms with Crippen LogP contribution < -0.4 is 5.32 Å². The van der Waals surface area contributed by atoms with Crippen LogP contribution in [-0.4, -0.2) is 54.3 Å². The van der Waals surface area contributed by atoms with E-state index in [-0.39, 0.29) is 41.0 Å². The molecular weight excluding hydrogens is 550 g/mol. The first kappa shape index (κ1) is 36.1. The summed E-state index contributed by atoms with van der Waals surface area (Å²) in [6.07, 6.45) is 19.3. The number of Topliss-reactive ketones (excluding diaryl/α,β-unsaturated/α-hetero) is 2. The van der Waals surface area contributed by atoms with Crippen LogP contribution in [0, 0.1) is 11.8 Å². The average Bonchev–Trinajstić information content (AvgIpc) is 3.13. The van der Waals surface area contributed by atoms with Crippen molar-refractivity contribution in [1.82, 2.24) is 14.6 Å². The minimum atomic E-state index is -3.71. The van der Waals surface area contributed by atoms with Gasteiger partial charge in [-0.25, -0.2) is 13.4 Å². The highest BCUT2D eigenvalue weighted by Crippen LogP contribution is 2.28. The van der Waals surface area contributed by atoms with Crippen molar-refractivity contribution in [1.29, 1.82) is 0 Å². The van der Waals surface area contributed by atoms with Crippen LogP contribution in [0.2, 0.25) is 0 Å². The first-order chi connectivity index (χ1) is 20.1. The highest BCUT2D eigenvalue weighted by Gasteiger charge is 2.36. The number of hydrogen-bond acceptors (Lipinski definition) is 6. The summed E-state index contributed by atoms with van der Waals surface area (Å²) >= 11 is 0. The highest BCUT2D eigenvalue weighted by molar-refractivity contribution is 7.89. The topological polar surface area (TPSA) is 114 Å². The third-order valence-corrected chi connectivity index (χ3v) is 10.5. The lowest BCUT2D eigenvalue weighted by molar-refractivity contribution is -0.123. The van der Waals surface area contributed by atoms with Crippen molar-refractivity contribution < 1.29 is 22.8 Å². The fourth-order valence-electron chi connectivity index (χ4n) is 5.86. The summed E-state index contributed by atoms with van der Waals surface area (Å²) in [6, 6.07) is 4.62. The van der Waals surface area contributed by atoms with Crippen LogP contribution in [0.3, 0.4) is 0 Å². The quantitative estimate of drug-likeness (QED) is 0.225. The Hall–Kier alpha value is -2.13. The second-order valence-corrected chi connectivity index (χ2v) is 14.0. The predicted octanol–water partition coefficient (Wildman–Crippen LogP) is 6.63. The number of sulfonamides is 1. The van der Waals surface area contributed by atoms with Crippen molar-refractivity contribution in [3.05, 3.63) is 24.4 Å². The maximum atomic E-state index is 12.7. The molecule has 2 atom stereocenters. The van der Waals surface area contributed by atoms with Gasteiger partial charge in [-0.05, 0) is 70.4 Å². The molecule has 1 aliphatic heterocycles. The van der Waals surface area contributed by atoms with Gasteiger partial charge in [-0.15, -0.1) is 0 Å². The molecule has 1 saturated heterocycles. The van der Waals surface area contributed by atoms with Crippen molar-refractivity contribution in [2.45, 2.75) is 141 Å². The number of aromatic nitrogens is 1. The number of carbonyl (C=O) groups excluding carboxylic acids is 3. The molecule has 9 heteroatoms. The third-order valence-electron chi connectivity index (χ3n) is 8.59. The Morgan fingerprint density at radius 1 is 0.952 bits per heavy atom. The van der Waals surface area contributed by atoms with Gasteiger partial charge in [-0.1, -0.05) is 70.8 Å². The molecule has 1 N–H and O–H groups in total. The standard InChI is InChI=1S/C17H31NO2.C16H24N2O3S/c1-15(19)9-5-2-3-8-14-18-17(20)13-12-16-10-6-4-7-11-16;1-3-4-7-14-10-9-13(2)18(12-15(14)19)22(20,21)16-8-5-6-11-17-16/h16H,2-14H2,1H3,(H,18,20);5-6,8,11,13-14H,3-4,7,9-10,12H2,1-2H3. The second kappa shape index (κ2) is 19.9. The van der Waals surface area contributed by atoms with Gasteiger partial charge in [0.1, 0.15) is 5.78 Å². The molecule has 1 amide bonds. The zero-order valence-electron chi connectivity index (χ0n) is 26.3. The minimum Gasteiger partial charge on any atom is -0.356 e. The van der Waals surface area contributed by atoms with E-state index in [0.717, 1.165) is 70.3 Å². The van der Waals surface area contributed by atoms with Gasteiger partial charge >= 0.3 is 0 Å². The Labute approximate surface area is 254 Å². The minimum absolute atomic E-state index is 0.00803. The second-order valence-electron chi connectivity index (χ2n) is 12.2. The molecule has 8 nitrogen and oxygen atoms in total. The van der Waals surface area contributed by atoms with Gasteiger partial charge < -0.3 is 10.1 Å². The molecule has 3 rings (SSSR count). The number of rotatable bonds is 15. The fraction of sp³-hybridized carbons (Fsp3) is 0.758. The van der Waals surface area contributed by atoms with E-state index >= 15 is 0 Å². The number of carbonyl (C=O) groups is 3. The lowest BCUT2D eigenvalue weighted by Crippen LogP contribution is -2.41. The molecule has 1 aromatic rings. The lowest BCUT2D eigenvalue weighted by atomic mass is 9.86. The van der Waals surface area contributed by atoms with Crippen LogP contribution in [0.1, 0.15) is 130 Å². The van der Waals surface area contributed by atoms with Gasteiger partial charge in [-0.2, -0.15) is 4.31 Å². The predicted molar refractivity (Wildman–Crippen MR) is 167 cm³/mol. The number of nitrogens with zero attached hydrogens (tertiary/aromatic N) is 2. The summed E-state index contributed by atoms with van der Waals surface area (Å²) < 4.78 is 26.8. The van der Waals surface area contributed by atoms with Crippen molar-refractivity contribution in [3.63, 3.8) is 0 Å². The van der Waals surface area contributed by atoms with E-state index < -0.39 is 10.0 Å². The molecule has 0 aromatic carbocycles. The number of pyridine rings is 1. The Morgan fingerprint density at radius 3 is 2.36 bits per heavy atom.